The van der Waals surface area contributed by atoms with Crippen molar-refractivity contribution < 1.29 is 4.79 Å². The summed E-state index contributed by atoms with van der Waals surface area (Å²) in [6, 6.07) is 9.78. The standard InChI is InChI=1S/C14H10N2OS2/c17-13(6-5-10-7-8-18-9-10)16-14-15-11-3-1-2-4-12(11)19-14/h1-9H,(H,15,16,17)/b6-5+. The van der Waals surface area contributed by atoms with Crippen molar-refractivity contribution in [3.8, 4) is 0 Å². The summed E-state index contributed by atoms with van der Waals surface area (Å²) >= 11 is 3.08. The number of nitrogens with one attached hydrogen (secondary N) is 1. The predicted octanol–water partition coefficient (Wildman–Crippen LogP) is 4.01. The van der Waals surface area contributed by atoms with Crippen LogP contribution in [-0.2, 0) is 4.79 Å². The van der Waals surface area contributed by atoms with Crippen molar-refractivity contribution in [3.63, 3.8) is 0 Å². The summed E-state index contributed by atoms with van der Waals surface area (Å²) in [6.45, 7) is 0. The van der Waals surface area contributed by atoms with Crippen LogP contribution in [0.3, 0.4) is 0 Å². The van der Waals surface area contributed by atoms with E-state index in [1.807, 2.05) is 41.1 Å². The van der Waals surface area contributed by atoms with Gasteiger partial charge in [-0.25, -0.2) is 4.98 Å². The number of thiophene rings is 1. The second kappa shape index (κ2) is 5.34. The molecule has 0 aliphatic carbocycles. The van der Waals surface area contributed by atoms with Crippen LogP contribution in [0, 0.1) is 0 Å². The highest BCUT2D eigenvalue weighted by atomic mass is 32.1. The van der Waals surface area contributed by atoms with Gasteiger partial charge in [0.05, 0.1) is 10.2 Å². The van der Waals surface area contributed by atoms with E-state index in [4.69, 9.17) is 0 Å². The van der Waals surface area contributed by atoms with Gasteiger partial charge in [-0.3, -0.25) is 10.1 Å². The number of thiazole rings is 1. The fourth-order valence-corrected chi connectivity index (χ4v) is 3.11. The van der Waals surface area contributed by atoms with Gasteiger partial charge in [-0.15, -0.1) is 0 Å². The van der Waals surface area contributed by atoms with Gasteiger partial charge in [-0.05, 0) is 40.6 Å². The molecule has 3 nitrogen and oxygen atoms in total. The molecule has 3 aromatic rings. The SMILES string of the molecule is O=C(/C=C/c1ccsc1)Nc1nc2ccccc2s1. The highest BCUT2D eigenvalue weighted by molar-refractivity contribution is 7.22. The Morgan fingerprint density at radius 2 is 2.16 bits per heavy atom. The minimum Gasteiger partial charge on any atom is -0.298 e. The number of rotatable bonds is 3. The first kappa shape index (κ1) is 12.1. The lowest BCUT2D eigenvalue weighted by atomic mass is 10.3. The van der Waals surface area contributed by atoms with Crippen LogP contribution in [0.2, 0.25) is 0 Å². The normalized spacial score (nSPS) is 11.2. The molecule has 2 aromatic heterocycles. The van der Waals surface area contributed by atoms with E-state index in [-0.39, 0.29) is 5.91 Å². The molecule has 3 rings (SSSR count). The van der Waals surface area contributed by atoms with Crippen molar-refractivity contribution >= 4 is 50.0 Å². The van der Waals surface area contributed by atoms with Crippen molar-refractivity contribution in [2.24, 2.45) is 0 Å². The van der Waals surface area contributed by atoms with Gasteiger partial charge in [0.15, 0.2) is 5.13 Å². The van der Waals surface area contributed by atoms with Crippen molar-refractivity contribution in [3.05, 3.63) is 52.7 Å². The molecule has 0 aliphatic rings. The molecule has 0 saturated carbocycles. The second-order valence-electron chi connectivity index (χ2n) is 3.87. The number of benzene rings is 1. The molecule has 5 heteroatoms. The number of para-hydroxylation sites is 1. The topological polar surface area (TPSA) is 42.0 Å². The van der Waals surface area contributed by atoms with Crippen LogP contribution in [0.1, 0.15) is 5.56 Å². The average molecular weight is 286 g/mol. The number of fused-ring (bicyclic) bond motifs is 1. The van der Waals surface area contributed by atoms with E-state index in [0.29, 0.717) is 5.13 Å². The third kappa shape index (κ3) is 2.89. The molecule has 19 heavy (non-hydrogen) atoms. The van der Waals surface area contributed by atoms with Crippen molar-refractivity contribution in [1.82, 2.24) is 4.98 Å². The molecular formula is C14H10N2OS2. The molecule has 0 spiro atoms. The maximum Gasteiger partial charge on any atom is 0.250 e. The first-order chi connectivity index (χ1) is 9.31. The molecule has 1 amide bonds. The summed E-state index contributed by atoms with van der Waals surface area (Å²) in [5.74, 6) is -0.162. The Labute approximate surface area is 118 Å². The number of amides is 1. The fourth-order valence-electron chi connectivity index (χ4n) is 1.61. The Bertz CT molecular complexity index is 696. The van der Waals surface area contributed by atoms with E-state index in [0.717, 1.165) is 15.8 Å². The monoisotopic (exact) mass is 286 g/mol. The number of carbonyl (C=O) groups is 1. The number of nitrogens with zero attached hydrogens (tertiary/aromatic N) is 1. The average Bonchev–Trinajstić information content (AvgIpc) is 3.04. The molecule has 0 fully saturated rings. The van der Waals surface area contributed by atoms with Crippen LogP contribution in [0.5, 0.6) is 0 Å². The molecule has 0 aliphatic heterocycles. The summed E-state index contributed by atoms with van der Waals surface area (Å²) in [6.07, 6.45) is 3.31. The number of aromatic nitrogens is 1. The minimum atomic E-state index is -0.162. The Kier molecular flexibility index (Phi) is 3.39. The zero-order valence-electron chi connectivity index (χ0n) is 9.87. The molecular weight excluding hydrogens is 276 g/mol. The van der Waals surface area contributed by atoms with Gasteiger partial charge in [-0.1, -0.05) is 23.5 Å². The Balaban J connectivity index is 1.72. The highest BCUT2D eigenvalue weighted by Crippen LogP contribution is 2.25. The molecule has 94 valence electrons. The van der Waals surface area contributed by atoms with Crippen molar-refractivity contribution in [2.75, 3.05) is 5.32 Å². The van der Waals surface area contributed by atoms with E-state index in [1.165, 1.54) is 17.4 Å². The van der Waals surface area contributed by atoms with Gasteiger partial charge in [0.1, 0.15) is 0 Å². The van der Waals surface area contributed by atoms with Crippen molar-refractivity contribution in [1.29, 1.82) is 0 Å². The molecule has 0 unspecified atom stereocenters. The largest absolute Gasteiger partial charge is 0.298 e. The van der Waals surface area contributed by atoms with E-state index in [1.54, 1.807) is 17.4 Å². The third-order valence-electron chi connectivity index (χ3n) is 2.49. The third-order valence-corrected chi connectivity index (χ3v) is 4.15. The summed E-state index contributed by atoms with van der Waals surface area (Å²) < 4.78 is 1.07. The molecule has 0 bridgehead atoms. The quantitative estimate of drug-likeness (QED) is 0.739. The van der Waals surface area contributed by atoms with Crippen LogP contribution in [0.4, 0.5) is 5.13 Å². The smallest absolute Gasteiger partial charge is 0.250 e. The van der Waals surface area contributed by atoms with Crippen LogP contribution >= 0.6 is 22.7 Å². The second-order valence-corrected chi connectivity index (χ2v) is 5.68. The highest BCUT2D eigenvalue weighted by Gasteiger charge is 2.04. The Morgan fingerprint density at radius 3 is 2.95 bits per heavy atom. The summed E-state index contributed by atoms with van der Waals surface area (Å²) in [4.78, 5) is 16.1. The summed E-state index contributed by atoms with van der Waals surface area (Å²) in [5, 5.41) is 7.37. The van der Waals surface area contributed by atoms with Crippen LogP contribution < -0.4 is 5.32 Å². The molecule has 0 saturated heterocycles. The zero-order chi connectivity index (χ0) is 13.1. The maximum atomic E-state index is 11.8. The molecule has 2 heterocycles. The van der Waals surface area contributed by atoms with E-state index in [9.17, 15) is 4.79 Å². The lowest BCUT2D eigenvalue weighted by Crippen LogP contribution is -2.06. The fraction of sp³-hybridized carbons (Fsp3) is 0. The van der Waals surface area contributed by atoms with E-state index in [2.05, 4.69) is 10.3 Å². The van der Waals surface area contributed by atoms with Crippen LogP contribution in [-0.4, -0.2) is 10.9 Å². The van der Waals surface area contributed by atoms with Crippen LogP contribution in [0.25, 0.3) is 16.3 Å². The Hall–Kier alpha value is -1.98. The zero-order valence-corrected chi connectivity index (χ0v) is 11.5. The summed E-state index contributed by atoms with van der Waals surface area (Å²) in [7, 11) is 0. The lowest BCUT2D eigenvalue weighted by molar-refractivity contribution is -0.111. The molecule has 0 atom stereocenters. The van der Waals surface area contributed by atoms with E-state index >= 15 is 0 Å². The molecule has 1 aromatic carbocycles. The summed E-state index contributed by atoms with van der Waals surface area (Å²) in [5.41, 5.74) is 1.94. The van der Waals surface area contributed by atoms with Crippen LogP contribution in [0.15, 0.2) is 47.2 Å². The first-order valence-corrected chi connectivity index (χ1v) is 7.44. The van der Waals surface area contributed by atoms with Gasteiger partial charge >= 0.3 is 0 Å². The van der Waals surface area contributed by atoms with Gasteiger partial charge in [-0.2, -0.15) is 11.3 Å². The minimum absolute atomic E-state index is 0.162. The van der Waals surface area contributed by atoms with Gasteiger partial charge in [0.25, 0.3) is 0 Å². The van der Waals surface area contributed by atoms with Gasteiger partial charge in [0, 0.05) is 6.08 Å². The number of hydrogen-bond acceptors (Lipinski definition) is 4. The first-order valence-electron chi connectivity index (χ1n) is 5.68. The number of carbonyl (C=O) groups excluding carboxylic acids is 1. The molecule has 0 radical (unpaired) electrons. The van der Waals surface area contributed by atoms with Gasteiger partial charge in [0.2, 0.25) is 5.91 Å². The number of hydrogen-bond donors (Lipinski definition) is 1. The number of anilines is 1. The van der Waals surface area contributed by atoms with Crippen molar-refractivity contribution in [2.45, 2.75) is 0 Å². The lowest BCUT2D eigenvalue weighted by Gasteiger charge is -1.94. The van der Waals surface area contributed by atoms with E-state index < -0.39 is 0 Å². The predicted molar refractivity (Wildman–Crippen MR) is 81.6 cm³/mol. The maximum absolute atomic E-state index is 11.8. The molecule has 1 N–H and O–H groups in total. The Morgan fingerprint density at radius 1 is 1.26 bits per heavy atom. The van der Waals surface area contributed by atoms with Gasteiger partial charge < -0.3 is 0 Å².